The predicted octanol–water partition coefficient (Wildman–Crippen LogP) is 2.97. The van der Waals surface area contributed by atoms with Crippen molar-refractivity contribution in [3.05, 3.63) is 35.4 Å². The summed E-state index contributed by atoms with van der Waals surface area (Å²) in [6.07, 6.45) is 7.09. The minimum atomic E-state index is 0.150. The van der Waals surface area contributed by atoms with Gasteiger partial charge in [-0.1, -0.05) is 12.5 Å². The lowest BCUT2D eigenvalue weighted by Crippen LogP contribution is -2.40. The fourth-order valence-electron chi connectivity index (χ4n) is 4.50. The SMILES string of the molecule is COc1ccc(CC(=O)N2CCCC(c3nnc4n3CCCCC4)C2)cc1OC. The second-order valence-corrected chi connectivity index (χ2v) is 7.98. The van der Waals surface area contributed by atoms with Crippen LogP contribution in [0, 0.1) is 0 Å². The van der Waals surface area contributed by atoms with E-state index in [0.29, 0.717) is 17.9 Å². The van der Waals surface area contributed by atoms with Crippen molar-refractivity contribution in [3.63, 3.8) is 0 Å². The van der Waals surface area contributed by atoms with Gasteiger partial charge in [0, 0.05) is 32.0 Å². The summed E-state index contributed by atoms with van der Waals surface area (Å²) in [5.74, 6) is 3.95. The Morgan fingerprint density at radius 3 is 2.76 bits per heavy atom. The number of aryl methyl sites for hydroxylation is 1. The van der Waals surface area contributed by atoms with Gasteiger partial charge in [0.05, 0.1) is 20.6 Å². The zero-order valence-corrected chi connectivity index (χ0v) is 17.4. The zero-order valence-electron chi connectivity index (χ0n) is 17.4. The van der Waals surface area contributed by atoms with Crippen molar-refractivity contribution >= 4 is 5.91 Å². The number of benzene rings is 1. The van der Waals surface area contributed by atoms with Crippen LogP contribution in [0.2, 0.25) is 0 Å². The minimum Gasteiger partial charge on any atom is -0.493 e. The molecule has 0 N–H and O–H groups in total. The first-order valence-corrected chi connectivity index (χ1v) is 10.6. The molecule has 1 fully saturated rings. The van der Waals surface area contributed by atoms with Crippen molar-refractivity contribution in [2.45, 2.75) is 57.4 Å². The molecule has 0 aliphatic carbocycles. The average Bonchev–Trinajstić information content (AvgIpc) is 3.02. The van der Waals surface area contributed by atoms with Crippen LogP contribution >= 0.6 is 0 Å². The lowest BCUT2D eigenvalue weighted by Gasteiger charge is -2.32. The maximum Gasteiger partial charge on any atom is 0.227 e. The number of carbonyl (C=O) groups excluding carboxylic acids is 1. The van der Waals surface area contributed by atoms with E-state index >= 15 is 0 Å². The van der Waals surface area contributed by atoms with E-state index in [4.69, 9.17) is 9.47 Å². The van der Waals surface area contributed by atoms with Gasteiger partial charge in [-0.05, 0) is 43.4 Å². The van der Waals surface area contributed by atoms with E-state index in [9.17, 15) is 4.79 Å². The number of likely N-dealkylation sites (tertiary alicyclic amines) is 1. The number of fused-ring (bicyclic) bond motifs is 1. The molecule has 1 saturated heterocycles. The third-order valence-corrected chi connectivity index (χ3v) is 6.08. The van der Waals surface area contributed by atoms with Crippen molar-refractivity contribution in [2.24, 2.45) is 0 Å². The number of hydrogen-bond donors (Lipinski definition) is 0. The van der Waals surface area contributed by atoms with Gasteiger partial charge in [0.2, 0.25) is 5.91 Å². The van der Waals surface area contributed by atoms with Gasteiger partial charge in [0.1, 0.15) is 11.6 Å². The first-order chi connectivity index (χ1) is 14.2. The Labute approximate surface area is 172 Å². The molecule has 1 aromatic carbocycles. The fraction of sp³-hybridized carbons (Fsp3) is 0.591. The van der Waals surface area contributed by atoms with E-state index in [0.717, 1.165) is 56.1 Å². The van der Waals surface area contributed by atoms with Crippen LogP contribution in [0.4, 0.5) is 0 Å². The molecule has 1 unspecified atom stereocenters. The van der Waals surface area contributed by atoms with Gasteiger partial charge in [-0.3, -0.25) is 4.79 Å². The normalized spacial score (nSPS) is 19.4. The Bertz CT molecular complexity index is 864. The molecule has 7 nitrogen and oxygen atoms in total. The smallest absolute Gasteiger partial charge is 0.227 e. The standard InChI is InChI=1S/C22H30N4O3/c1-28-18-10-9-16(13-19(18)29-2)14-21(27)25-11-6-7-17(15-25)22-24-23-20-8-4-3-5-12-26(20)22/h9-10,13,17H,3-8,11-12,14-15H2,1-2H3. The lowest BCUT2D eigenvalue weighted by atomic mass is 9.96. The number of ether oxygens (including phenoxy) is 2. The first kappa shape index (κ1) is 19.7. The molecular formula is C22H30N4O3. The molecule has 29 heavy (non-hydrogen) atoms. The van der Waals surface area contributed by atoms with Crippen LogP contribution in [0.15, 0.2) is 18.2 Å². The Morgan fingerprint density at radius 1 is 1.07 bits per heavy atom. The number of piperidine rings is 1. The Hall–Kier alpha value is -2.57. The van der Waals surface area contributed by atoms with E-state index in [1.165, 1.54) is 19.3 Å². The van der Waals surface area contributed by atoms with Gasteiger partial charge in [0.15, 0.2) is 11.5 Å². The highest BCUT2D eigenvalue weighted by molar-refractivity contribution is 5.79. The molecule has 7 heteroatoms. The highest BCUT2D eigenvalue weighted by Gasteiger charge is 2.29. The molecule has 0 bridgehead atoms. The molecule has 2 aliphatic heterocycles. The molecular weight excluding hydrogens is 368 g/mol. The number of amides is 1. The predicted molar refractivity (Wildman–Crippen MR) is 109 cm³/mol. The van der Waals surface area contributed by atoms with Crippen molar-refractivity contribution in [3.8, 4) is 11.5 Å². The Kier molecular flexibility index (Phi) is 6.02. The molecule has 1 aromatic heterocycles. The van der Waals surface area contributed by atoms with Crippen LogP contribution in [-0.4, -0.2) is 52.9 Å². The fourth-order valence-corrected chi connectivity index (χ4v) is 4.50. The van der Waals surface area contributed by atoms with E-state index in [2.05, 4.69) is 14.8 Å². The monoisotopic (exact) mass is 398 g/mol. The second kappa shape index (κ2) is 8.84. The van der Waals surface area contributed by atoms with Crippen LogP contribution in [0.3, 0.4) is 0 Å². The number of carbonyl (C=O) groups is 1. The molecule has 2 aliphatic rings. The summed E-state index contributed by atoms with van der Waals surface area (Å²) < 4.78 is 13.0. The summed E-state index contributed by atoms with van der Waals surface area (Å²) in [6.45, 7) is 2.54. The summed E-state index contributed by atoms with van der Waals surface area (Å²) >= 11 is 0. The number of methoxy groups -OCH3 is 2. The summed E-state index contributed by atoms with van der Waals surface area (Å²) in [4.78, 5) is 15.0. The van der Waals surface area contributed by atoms with E-state index in [-0.39, 0.29) is 11.8 Å². The quantitative estimate of drug-likeness (QED) is 0.774. The van der Waals surface area contributed by atoms with Crippen LogP contribution in [0.5, 0.6) is 11.5 Å². The third kappa shape index (κ3) is 4.23. The highest BCUT2D eigenvalue weighted by Crippen LogP contribution is 2.30. The van der Waals surface area contributed by atoms with Crippen molar-refractivity contribution < 1.29 is 14.3 Å². The number of hydrogen-bond acceptors (Lipinski definition) is 5. The summed E-state index contributed by atoms with van der Waals surface area (Å²) in [5.41, 5.74) is 0.936. The summed E-state index contributed by atoms with van der Waals surface area (Å²) in [7, 11) is 3.22. The maximum absolute atomic E-state index is 13.0. The van der Waals surface area contributed by atoms with E-state index in [1.54, 1.807) is 14.2 Å². The second-order valence-electron chi connectivity index (χ2n) is 7.98. The lowest BCUT2D eigenvalue weighted by molar-refractivity contribution is -0.131. The highest BCUT2D eigenvalue weighted by atomic mass is 16.5. The summed E-state index contributed by atoms with van der Waals surface area (Å²) in [5, 5.41) is 8.98. The topological polar surface area (TPSA) is 69.5 Å². The molecule has 2 aromatic rings. The zero-order chi connectivity index (χ0) is 20.2. The molecule has 1 atom stereocenters. The van der Waals surface area contributed by atoms with Gasteiger partial charge < -0.3 is 18.9 Å². The molecule has 0 spiro atoms. The van der Waals surface area contributed by atoms with Gasteiger partial charge in [0.25, 0.3) is 0 Å². The molecule has 4 rings (SSSR count). The number of aromatic nitrogens is 3. The third-order valence-electron chi connectivity index (χ3n) is 6.08. The van der Waals surface area contributed by atoms with Gasteiger partial charge in [-0.2, -0.15) is 0 Å². The van der Waals surface area contributed by atoms with Crippen LogP contribution in [0.1, 0.15) is 55.2 Å². The maximum atomic E-state index is 13.0. The number of nitrogens with zero attached hydrogens (tertiary/aromatic N) is 4. The molecule has 156 valence electrons. The average molecular weight is 399 g/mol. The van der Waals surface area contributed by atoms with Crippen LogP contribution in [-0.2, 0) is 24.2 Å². The van der Waals surface area contributed by atoms with Gasteiger partial charge in [-0.25, -0.2) is 0 Å². The van der Waals surface area contributed by atoms with E-state index < -0.39 is 0 Å². The van der Waals surface area contributed by atoms with Crippen molar-refractivity contribution in [1.29, 1.82) is 0 Å². The first-order valence-electron chi connectivity index (χ1n) is 10.6. The van der Waals surface area contributed by atoms with Gasteiger partial charge >= 0.3 is 0 Å². The number of rotatable bonds is 5. The van der Waals surface area contributed by atoms with Crippen molar-refractivity contribution in [1.82, 2.24) is 19.7 Å². The van der Waals surface area contributed by atoms with Crippen molar-refractivity contribution in [2.75, 3.05) is 27.3 Å². The summed E-state index contributed by atoms with van der Waals surface area (Å²) in [6, 6.07) is 5.67. The van der Waals surface area contributed by atoms with Crippen LogP contribution in [0.25, 0.3) is 0 Å². The largest absolute Gasteiger partial charge is 0.493 e. The molecule has 1 amide bonds. The molecule has 0 radical (unpaired) electrons. The van der Waals surface area contributed by atoms with Crippen LogP contribution < -0.4 is 9.47 Å². The minimum absolute atomic E-state index is 0.150. The van der Waals surface area contributed by atoms with E-state index in [1.807, 2.05) is 23.1 Å². The Balaban J connectivity index is 1.45. The Morgan fingerprint density at radius 2 is 1.93 bits per heavy atom. The molecule has 3 heterocycles. The molecule has 0 saturated carbocycles. The van der Waals surface area contributed by atoms with Gasteiger partial charge in [-0.15, -0.1) is 10.2 Å².